The fourth-order valence-electron chi connectivity index (χ4n) is 2.95. The van der Waals surface area contributed by atoms with Crippen LogP contribution in [-0.4, -0.2) is 17.0 Å². The number of alkyl halides is 3. The lowest BCUT2D eigenvalue weighted by atomic mass is 10.0. The second kappa shape index (κ2) is 7.67. The topological polar surface area (TPSA) is 29.5 Å². The van der Waals surface area contributed by atoms with Gasteiger partial charge >= 0.3 is 12.3 Å². The SMILES string of the molecule is C[C@H]1[C@@H](c2cc(Cl)cc(Cl)c2)OC(=O)N1Cc1cc(C(F)(F)F)ccc1I. The minimum absolute atomic E-state index is 0.00694. The van der Waals surface area contributed by atoms with E-state index in [1.165, 1.54) is 11.0 Å². The summed E-state index contributed by atoms with van der Waals surface area (Å²) >= 11 is 14.0. The molecule has 1 saturated heterocycles. The molecule has 1 amide bonds. The van der Waals surface area contributed by atoms with Gasteiger partial charge in [-0.05, 0) is 77.0 Å². The van der Waals surface area contributed by atoms with Crippen molar-refractivity contribution in [3.05, 3.63) is 66.7 Å². The molecule has 2 aromatic rings. The summed E-state index contributed by atoms with van der Waals surface area (Å²) in [6.07, 6.45) is -5.66. The Morgan fingerprint density at radius 1 is 1.15 bits per heavy atom. The summed E-state index contributed by atoms with van der Waals surface area (Å²) in [5, 5.41) is 0.818. The second-order valence-electron chi connectivity index (χ2n) is 6.18. The highest BCUT2D eigenvalue weighted by molar-refractivity contribution is 14.1. The number of amides is 1. The van der Waals surface area contributed by atoms with Crippen LogP contribution in [0.5, 0.6) is 0 Å². The monoisotopic (exact) mass is 529 g/mol. The number of ether oxygens (including phenoxy) is 1. The van der Waals surface area contributed by atoms with Gasteiger partial charge in [0.2, 0.25) is 0 Å². The summed E-state index contributed by atoms with van der Waals surface area (Å²) in [6, 6.07) is 7.94. The number of rotatable bonds is 3. The van der Waals surface area contributed by atoms with Gasteiger partial charge in [0, 0.05) is 13.6 Å². The quantitative estimate of drug-likeness (QED) is 0.414. The van der Waals surface area contributed by atoms with Gasteiger partial charge < -0.3 is 4.74 Å². The largest absolute Gasteiger partial charge is 0.439 e. The number of benzene rings is 2. The first-order valence-corrected chi connectivity index (χ1v) is 9.68. The molecule has 1 fully saturated rings. The Kier molecular flexibility index (Phi) is 5.84. The molecule has 3 rings (SSSR count). The molecular formula is C18H13Cl2F3INO2. The molecule has 0 saturated carbocycles. The molecule has 1 aliphatic heterocycles. The van der Waals surface area contributed by atoms with Crippen LogP contribution in [-0.2, 0) is 17.5 Å². The number of nitrogens with zero attached hydrogens (tertiary/aromatic N) is 1. The van der Waals surface area contributed by atoms with E-state index in [0.717, 1.165) is 12.1 Å². The highest BCUT2D eigenvalue weighted by Gasteiger charge is 2.40. The summed E-state index contributed by atoms with van der Waals surface area (Å²) in [4.78, 5) is 13.7. The normalized spacial score (nSPS) is 20.1. The van der Waals surface area contributed by atoms with Crippen molar-refractivity contribution >= 4 is 51.9 Å². The molecule has 0 spiro atoms. The van der Waals surface area contributed by atoms with Gasteiger partial charge in [0.15, 0.2) is 0 Å². The molecule has 0 aromatic heterocycles. The van der Waals surface area contributed by atoms with Crippen LogP contribution in [0.3, 0.4) is 0 Å². The predicted molar refractivity (Wildman–Crippen MR) is 105 cm³/mol. The van der Waals surface area contributed by atoms with Crippen LogP contribution in [0.4, 0.5) is 18.0 Å². The van der Waals surface area contributed by atoms with Crippen molar-refractivity contribution in [2.75, 3.05) is 0 Å². The maximum absolute atomic E-state index is 13.0. The van der Waals surface area contributed by atoms with Crippen molar-refractivity contribution in [3.8, 4) is 0 Å². The van der Waals surface area contributed by atoms with Gasteiger partial charge in [-0.2, -0.15) is 13.2 Å². The molecule has 1 heterocycles. The predicted octanol–water partition coefficient (Wildman–Crippen LogP) is 6.70. The van der Waals surface area contributed by atoms with Crippen LogP contribution in [0.1, 0.15) is 29.7 Å². The van der Waals surface area contributed by atoms with E-state index in [1.54, 1.807) is 25.1 Å². The highest BCUT2D eigenvalue weighted by atomic mass is 127. The number of halogens is 6. The van der Waals surface area contributed by atoms with Gasteiger partial charge in [0.1, 0.15) is 6.10 Å². The van der Waals surface area contributed by atoms with Gasteiger partial charge in [0.05, 0.1) is 18.2 Å². The third-order valence-corrected chi connectivity index (χ3v) is 5.81. The van der Waals surface area contributed by atoms with Crippen LogP contribution < -0.4 is 0 Å². The standard InChI is InChI=1S/C18H13Cl2F3INO2/c1-9-16(10-5-13(19)7-14(20)6-10)27-17(26)25(9)8-11-4-12(18(21,22)23)2-3-15(11)24/h2-7,9,16H,8H2,1H3/t9-,16-/m0/s1. The molecule has 3 nitrogen and oxygen atoms in total. The van der Waals surface area contributed by atoms with E-state index in [9.17, 15) is 18.0 Å². The van der Waals surface area contributed by atoms with E-state index < -0.39 is 30.0 Å². The van der Waals surface area contributed by atoms with Gasteiger partial charge in [-0.1, -0.05) is 23.2 Å². The third kappa shape index (κ3) is 4.46. The molecule has 0 bridgehead atoms. The summed E-state index contributed by atoms with van der Waals surface area (Å²) in [7, 11) is 0. The molecule has 0 aliphatic carbocycles. The molecule has 0 radical (unpaired) electrons. The number of hydrogen-bond donors (Lipinski definition) is 0. The third-order valence-electron chi connectivity index (χ3n) is 4.32. The van der Waals surface area contributed by atoms with Crippen LogP contribution in [0.15, 0.2) is 36.4 Å². The lowest BCUT2D eigenvalue weighted by molar-refractivity contribution is -0.137. The summed E-state index contributed by atoms with van der Waals surface area (Å²) in [6.45, 7) is 1.78. The second-order valence-corrected chi connectivity index (χ2v) is 8.21. The fraction of sp³-hybridized carbons (Fsp3) is 0.278. The van der Waals surface area contributed by atoms with E-state index in [4.69, 9.17) is 27.9 Å². The van der Waals surface area contributed by atoms with Crippen LogP contribution in [0.25, 0.3) is 0 Å². The van der Waals surface area contributed by atoms with Crippen LogP contribution in [0, 0.1) is 3.57 Å². The molecule has 9 heteroatoms. The van der Waals surface area contributed by atoms with Gasteiger partial charge in [-0.15, -0.1) is 0 Å². The maximum Gasteiger partial charge on any atom is 0.416 e. The number of carbonyl (C=O) groups excluding carboxylic acids is 1. The summed E-state index contributed by atoms with van der Waals surface area (Å²) < 4.78 is 45.0. The van der Waals surface area contributed by atoms with Crippen molar-refractivity contribution in [2.45, 2.75) is 31.8 Å². The zero-order valence-corrected chi connectivity index (χ0v) is 17.5. The first-order chi connectivity index (χ1) is 12.6. The summed E-state index contributed by atoms with van der Waals surface area (Å²) in [5.41, 5.74) is 0.282. The van der Waals surface area contributed by atoms with E-state index >= 15 is 0 Å². The van der Waals surface area contributed by atoms with E-state index in [0.29, 0.717) is 24.7 Å². The Balaban J connectivity index is 1.87. The number of cyclic esters (lactones) is 1. The van der Waals surface area contributed by atoms with E-state index in [2.05, 4.69) is 0 Å². The Bertz CT molecular complexity index is 871. The molecule has 0 N–H and O–H groups in total. The first kappa shape index (κ1) is 20.5. The van der Waals surface area contributed by atoms with Crippen molar-refractivity contribution in [2.24, 2.45) is 0 Å². The molecule has 2 atom stereocenters. The average Bonchev–Trinajstić information content (AvgIpc) is 2.83. The first-order valence-electron chi connectivity index (χ1n) is 7.85. The number of hydrogen-bond acceptors (Lipinski definition) is 2. The molecule has 0 unspecified atom stereocenters. The Hall–Kier alpha value is -1.19. The van der Waals surface area contributed by atoms with Gasteiger partial charge in [0.25, 0.3) is 0 Å². The van der Waals surface area contributed by atoms with Crippen LogP contribution in [0.2, 0.25) is 10.0 Å². The lowest BCUT2D eigenvalue weighted by Crippen LogP contribution is -2.31. The van der Waals surface area contributed by atoms with Crippen molar-refractivity contribution in [1.29, 1.82) is 0 Å². The molecule has 1 aliphatic rings. The Morgan fingerprint density at radius 2 is 1.78 bits per heavy atom. The number of carbonyl (C=O) groups is 1. The Labute approximate surface area is 177 Å². The van der Waals surface area contributed by atoms with Crippen molar-refractivity contribution in [1.82, 2.24) is 4.90 Å². The van der Waals surface area contributed by atoms with Crippen molar-refractivity contribution in [3.63, 3.8) is 0 Å². The average molecular weight is 530 g/mol. The van der Waals surface area contributed by atoms with E-state index in [-0.39, 0.29) is 6.54 Å². The van der Waals surface area contributed by atoms with Crippen molar-refractivity contribution < 1.29 is 22.7 Å². The molecule has 2 aromatic carbocycles. The van der Waals surface area contributed by atoms with Crippen LogP contribution >= 0.6 is 45.8 Å². The lowest BCUT2D eigenvalue weighted by Gasteiger charge is -2.22. The fourth-order valence-corrected chi connectivity index (χ4v) is 4.00. The zero-order valence-electron chi connectivity index (χ0n) is 13.9. The molecule has 27 heavy (non-hydrogen) atoms. The van der Waals surface area contributed by atoms with E-state index in [1.807, 2.05) is 22.6 Å². The minimum Gasteiger partial charge on any atom is -0.439 e. The maximum atomic E-state index is 13.0. The minimum atomic E-state index is -4.45. The van der Waals surface area contributed by atoms with Gasteiger partial charge in [-0.3, -0.25) is 4.90 Å². The molecule has 144 valence electrons. The molecular weight excluding hydrogens is 517 g/mol. The smallest absolute Gasteiger partial charge is 0.416 e. The summed E-state index contributed by atoms with van der Waals surface area (Å²) in [5.74, 6) is 0. The highest BCUT2D eigenvalue weighted by Crippen LogP contribution is 2.37. The zero-order chi connectivity index (χ0) is 19.9. The Morgan fingerprint density at radius 3 is 2.37 bits per heavy atom. The van der Waals surface area contributed by atoms with Gasteiger partial charge in [-0.25, -0.2) is 4.79 Å².